The molecule has 5 nitrogen and oxygen atoms in total. The second kappa shape index (κ2) is 10.3. The molecule has 0 saturated carbocycles. The summed E-state index contributed by atoms with van der Waals surface area (Å²) in [6.45, 7) is 3.20. The summed E-state index contributed by atoms with van der Waals surface area (Å²) in [7, 11) is 3.69. The van der Waals surface area contributed by atoms with Gasteiger partial charge < -0.3 is 20.3 Å². The number of ether oxygens (including phenoxy) is 1. The van der Waals surface area contributed by atoms with Crippen LogP contribution in [0.1, 0.15) is 19.4 Å². The molecule has 2 N–H and O–H groups in total. The Morgan fingerprint density at radius 1 is 1.33 bits per heavy atom. The van der Waals surface area contributed by atoms with E-state index in [0.29, 0.717) is 29.1 Å². The molecule has 8 heteroatoms. The summed E-state index contributed by atoms with van der Waals surface area (Å²) >= 11 is 5.93. The molecule has 0 heterocycles. The number of halogens is 3. The normalized spacial score (nSPS) is 12.2. The average molecular weight is 363 g/mol. The molecule has 0 amide bonds. The SMILES string of the molecule is CN=C(NCCN(C)C(C)C)NCc1cc(Cl)ccc1OC(F)F. The smallest absolute Gasteiger partial charge is 0.387 e. The van der Waals surface area contributed by atoms with Crippen molar-refractivity contribution >= 4 is 17.6 Å². The highest BCUT2D eigenvalue weighted by atomic mass is 35.5. The molecule has 136 valence electrons. The van der Waals surface area contributed by atoms with E-state index in [9.17, 15) is 8.78 Å². The number of nitrogens with zero attached hydrogens (tertiary/aromatic N) is 2. The number of hydrogen-bond acceptors (Lipinski definition) is 3. The van der Waals surface area contributed by atoms with Gasteiger partial charge in [-0.15, -0.1) is 0 Å². The first-order valence-electron chi connectivity index (χ1n) is 7.71. The monoisotopic (exact) mass is 362 g/mol. The maximum Gasteiger partial charge on any atom is 0.387 e. The maximum absolute atomic E-state index is 12.5. The van der Waals surface area contributed by atoms with Crippen LogP contribution >= 0.6 is 11.6 Å². The molecule has 0 atom stereocenters. The molecule has 0 aliphatic carbocycles. The van der Waals surface area contributed by atoms with E-state index >= 15 is 0 Å². The van der Waals surface area contributed by atoms with E-state index < -0.39 is 6.61 Å². The molecule has 0 spiro atoms. The lowest BCUT2D eigenvalue weighted by molar-refractivity contribution is -0.0504. The Morgan fingerprint density at radius 2 is 2.04 bits per heavy atom. The van der Waals surface area contributed by atoms with E-state index in [2.05, 4.69) is 39.1 Å². The van der Waals surface area contributed by atoms with Gasteiger partial charge in [-0.2, -0.15) is 8.78 Å². The van der Waals surface area contributed by atoms with Crippen LogP contribution in [0.5, 0.6) is 5.75 Å². The minimum Gasteiger partial charge on any atom is -0.434 e. The van der Waals surface area contributed by atoms with Crippen molar-refractivity contribution in [1.29, 1.82) is 0 Å². The lowest BCUT2D eigenvalue weighted by Gasteiger charge is -2.21. The quantitative estimate of drug-likeness (QED) is 0.551. The fraction of sp³-hybridized carbons (Fsp3) is 0.562. The van der Waals surface area contributed by atoms with Crippen LogP contribution in [0.25, 0.3) is 0 Å². The van der Waals surface area contributed by atoms with Crippen molar-refractivity contribution in [3.05, 3.63) is 28.8 Å². The third kappa shape index (κ3) is 7.31. The molecule has 0 fully saturated rings. The molecule has 1 aromatic rings. The van der Waals surface area contributed by atoms with Gasteiger partial charge in [0.25, 0.3) is 0 Å². The highest BCUT2D eigenvalue weighted by molar-refractivity contribution is 6.30. The van der Waals surface area contributed by atoms with Gasteiger partial charge in [0.2, 0.25) is 0 Å². The van der Waals surface area contributed by atoms with Gasteiger partial charge >= 0.3 is 6.61 Å². The van der Waals surface area contributed by atoms with Crippen molar-refractivity contribution in [2.45, 2.75) is 33.0 Å². The highest BCUT2D eigenvalue weighted by Crippen LogP contribution is 2.24. The van der Waals surface area contributed by atoms with E-state index in [0.717, 1.165) is 6.54 Å². The minimum absolute atomic E-state index is 0.0943. The Balaban J connectivity index is 2.58. The van der Waals surface area contributed by atoms with Gasteiger partial charge in [0.05, 0.1) is 0 Å². The number of nitrogens with one attached hydrogen (secondary N) is 2. The third-order valence-corrected chi connectivity index (χ3v) is 3.78. The average Bonchev–Trinajstić information content (AvgIpc) is 2.52. The van der Waals surface area contributed by atoms with Crippen molar-refractivity contribution in [1.82, 2.24) is 15.5 Å². The van der Waals surface area contributed by atoms with Crippen molar-refractivity contribution in [3.8, 4) is 5.75 Å². The number of hydrogen-bond donors (Lipinski definition) is 2. The molecule has 0 aliphatic rings. The van der Waals surface area contributed by atoms with Crippen molar-refractivity contribution in [2.75, 3.05) is 27.2 Å². The molecule has 0 radical (unpaired) electrons. The first-order chi connectivity index (χ1) is 11.3. The number of guanidine groups is 1. The van der Waals surface area contributed by atoms with E-state index in [4.69, 9.17) is 11.6 Å². The molecule has 0 saturated heterocycles. The molecule has 0 aromatic heterocycles. The van der Waals surface area contributed by atoms with Crippen LogP contribution in [0.4, 0.5) is 8.78 Å². The van der Waals surface area contributed by atoms with Gasteiger partial charge in [-0.1, -0.05) is 11.6 Å². The standard InChI is InChI=1S/C16H25ClF2N4O/c1-11(2)23(4)8-7-21-16(20-3)22-10-12-9-13(17)5-6-14(12)24-15(18)19/h5-6,9,11,15H,7-8,10H2,1-4H3,(H2,20,21,22). The topological polar surface area (TPSA) is 48.9 Å². The van der Waals surface area contributed by atoms with E-state index in [1.54, 1.807) is 13.1 Å². The maximum atomic E-state index is 12.5. The fourth-order valence-electron chi connectivity index (χ4n) is 1.91. The molecular formula is C16H25ClF2N4O. The number of likely N-dealkylation sites (N-methyl/N-ethyl adjacent to an activating group) is 1. The lowest BCUT2D eigenvalue weighted by Crippen LogP contribution is -2.41. The predicted molar refractivity (Wildman–Crippen MR) is 94.1 cm³/mol. The zero-order chi connectivity index (χ0) is 18.1. The molecule has 0 aliphatic heterocycles. The van der Waals surface area contributed by atoms with E-state index in [-0.39, 0.29) is 12.3 Å². The summed E-state index contributed by atoms with van der Waals surface area (Å²) in [5, 5.41) is 6.70. The molecule has 1 rings (SSSR count). The summed E-state index contributed by atoms with van der Waals surface area (Å²) in [6.07, 6.45) is 0. The van der Waals surface area contributed by atoms with Crippen molar-refractivity contribution in [2.24, 2.45) is 4.99 Å². The van der Waals surface area contributed by atoms with Crippen LogP contribution in [0.15, 0.2) is 23.2 Å². The number of alkyl halides is 2. The van der Waals surface area contributed by atoms with E-state index in [1.165, 1.54) is 12.1 Å². The first-order valence-corrected chi connectivity index (χ1v) is 8.09. The second-order valence-electron chi connectivity index (χ2n) is 5.56. The summed E-state index contributed by atoms with van der Waals surface area (Å²) in [5.74, 6) is 0.673. The van der Waals surface area contributed by atoms with Crippen LogP contribution in [0.3, 0.4) is 0 Å². The van der Waals surface area contributed by atoms with Crippen molar-refractivity contribution in [3.63, 3.8) is 0 Å². The first kappa shape index (κ1) is 20.4. The Hall–Kier alpha value is -1.60. The Bertz CT molecular complexity index is 541. The predicted octanol–water partition coefficient (Wildman–Crippen LogP) is 2.95. The summed E-state index contributed by atoms with van der Waals surface area (Å²) in [5.41, 5.74) is 0.532. The molecule has 0 bridgehead atoms. The minimum atomic E-state index is -2.88. The largest absolute Gasteiger partial charge is 0.434 e. The van der Waals surface area contributed by atoms with Gasteiger partial charge in [-0.3, -0.25) is 4.99 Å². The van der Waals surface area contributed by atoms with Gasteiger partial charge in [0, 0.05) is 43.3 Å². The fourth-order valence-corrected chi connectivity index (χ4v) is 2.10. The Kier molecular flexibility index (Phi) is 8.78. The van der Waals surface area contributed by atoms with Crippen molar-refractivity contribution < 1.29 is 13.5 Å². The molecule has 24 heavy (non-hydrogen) atoms. The van der Waals surface area contributed by atoms with Gasteiger partial charge in [0.15, 0.2) is 5.96 Å². The lowest BCUT2D eigenvalue weighted by atomic mass is 10.2. The Labute approximate surface area is 147 Å². The summed E-state index contributed by atoms with van der Waals surface area (Å²) in [4.78, 5) is 6.31. The van der Waals surface area contributed by atoms with Gasteiger partial charge in [0.1, 0.15) is 5.75 Å². The van der Waals surface area contributed by atoms with Gasteiger partial charge in [-0.05, 0) is 39.1 Å². The Morgan fingerprint density at radius 3 is 2.62 bits per heavy atom. The zero-order valence-corrected chi connectivity index (χ0v) is 15.2. The number of aliphatic imine (C=N–C) groups is 1. The summed E-state index contributed by atoms with van der Waals surface area (Å²) < 4.78 is 29.4. The molecule has 1 aromatic carbocycles. The molecule has 0 unspecified atom stereocenters. The van der Waals surface area contributed by atoms with E-state index in [1.807, 2.05) is 7.05 Å². The van der Waals surface area contributed by atoms with Crippen LogP contribution in [-0.4, -0.2) is 50.7 Å². The van der Waals surface area contributed by atoms with Crippen LogP contribution in [-0.2, 0) is 6.54 Å². The molecular weight excluding hydrogens is 338 g/mol. The third-order valence-electron chi connectivity index (χ3n) is 3.55. The number of rotatable bonds is 8. The van der Waals surface area contributed by atoms with Crippen LogP contribution in [0, 0.1) is 0 Å². The van der Waals surface area contributed by atoms with Crippen LogP contribution in [0.2, 0.25) is 5.02 Å². The van der Waals surface area contributed by atoms with Crippen LogP contribution < -0.4 is 15.4 Å². The second-order valence-corrected chi connectivity index (χ2v) is 5.99. The number of benzene rings is 1. The zero-order valence-electron chi connectivity index (χ0n) is 14.4. The summed E-state index contributed by atoms with van der Waals surface area (Å²) in [6, 6.07) is 4.99. The van der Waals surface area contributed by atoms with Gasteiger partial charge in [-0.25, -0.2) is 0 Å². The highest BCUT2D eigenvalue weighted by Gasteiger charge is 2.11.